The molecule has 4 heteroatoms. The van der Waals surface area contributed by atoms with E-state index in [9.17, 15) is 0 Å². The van der Waals surface area contributed by atoms with E-state index < -0.39 is 0 Å². The van der Waals surface area contributed by atoms with Gasteiger partial charge >= 0.3 is 0 Å². The minimum Gasteiger partial charge on any atom is -0.394 e. The van der Waals surface area contributed by atoms with Gasteiger partial charge in [-0.05, 0) is 25.7 Å². The van der Waals surface area contributed by atoms with Gasteiger partial charge in [-0.1, -0.05) is 26.0 Å². The van der Waals surface area contributed by atoms with Crippen molar-refractivity contribution < 1.29 is 0 Å². The molecule has 0 aliphatic heterocycles. The van der Waals surface area contributed by atoms with Crippen LogP contribution in [0, 0.1) is 0 Å². The van der Waals surface area contributed by atoms with E-state index in [1.165, 1.54) is 0 Å². The van der Waals surface area contributed by atoms with Crippen LogP contribution in [0.3, 0.4) is 0 Å². The molecular weight excluding hydrogens is 200 g/mol. The zero-order valence-corrected chi connectivity index (χ0v) is 10.4. The highest BCUT2D eigenvalue weighted by Crippen LogP contribution is 1.96. The number of nitrogens with one attached hydrogen (secondary N) is 2. The fourth-order valence-electron chi connectivity index (χ4n) is 1.06. The Labute approximate surface area is 98.0 Å². The fourth-order valence-corrected chi connectivity index (χ4v) is 1.06. The van der Waals surface area contributed by atoms with Gasteiger partial charge in [-0.3, -0.25) is 4.99 Å². The van der Waals surface area contributed by atoms with Gasteiger partial charge in [0.25, 0.3) is 0 Å². The number of rotatable bonds is 6. The van der Waals surface area contributed by atoms with Gasteiger partial charge in [-0.2, -0.15) is 0 Å². The Hall–Kier alpha value is -1.71. The van der Waals surface area contributed by atoms with Crippen LogP contribution in [0.4, 0.5) is 0 Å². The van der Waals surface area contributed by atoms with Crippen molar-refractivity contribution in [3.05, 3.63) is 36.4 Å². The molecule has 0 amide bonds. The summed E-state index contributed by atoms with van der Waals surface area (Å²) in [5, 5.41) is 5.99. The number of amidine groups is 1. The molecule has 4 N–H and O–H groups in total. The Kier molecular flexibility index (Phi) is 7.67. The minimum atomic E-state index is 0.587. The van der Waals surface area contributed by atoms with Crippen molar-refractivity contribution in [2.24, 2.45) is 10.7 Å². The van der Waals surface area contributed by atoms with Crippen LogP contribution in [0.15, 0.2) is 41.4 Å². The largest absolute Gasteiger partial charge is 0.394 e. The summed E-state index contributed by atoms with van der Waals surface area (Å²) in [6.45, 7) is 7.58. The first-order chi connectivity index (χ1) is 7.67. The lowest BCUT2D eigenvalue weighted by Crippen LogP contribution is -2.27. The number of hydrogen-bond donors (Lipinski definition) is 3. The molecule has 4 nitrogen and oxygen atoms in total. The zero-order valence-electron chi connectivity index (χ0n) is 10.4. The molecule has 0 fully saturated rings. The highest BCUT2D eigenvalue weighted by Gasteiger charge is 2.03. The predicted molar refractivity (Wildman–Crippen MR) is 70.8 cm³/mol. The molecule has 0 saturated heterocycles. The average Bonchev–Trinajstić information content (AvgIpc) is 2.29. The van der Waals surface area contributed by atoms with Crippen LogP contribution in [0.5, 0.6) is 0 Å². The lowest BCUT2D eigenvalue weighted by atomic mass is 10.3. The molecule has 0 saturated carbocycles. The molecule has 0 aromatic rings. The van der Waals surface area contributed by atoms with Crippen molar-refractivity contribution in [1.29, 1.82) is 0 Å². The molecule has 0 rings (SSSR count). The molecule has 0 aromatic carbocycles. The molecule has 16 heavy (non-hydrogen) atoms. The van der Waals surface area contributed by atoms with Crippen molar-refractivity contribution in [2.75, 3.05) is 7.05 Å². The summed E-state index contributed by atoms with van der Waals surface area (Å²) >= 11 is 0. The van der Waals surface area contributed by atoms with Crippen molar-refractivity contribution in [3.8, 4) is 0 Å². The molecule has 90 valence electrons. The van der Waals surface area contributed by atoms with Gasteiger partial charge in [-0.25, -0.2) is 0 Å². The van der Waals surface area contributed by atoms with E-state index in [-0.39, 0.29) is 0 Å². The van der Waals surface area contributed by atoms with E-state index in [0.29, 0.717) is 11.5 Å². The van der Waals surface area contributed by atoms with Gasteiger partial charge in [0.05, 0.1) is 5.70 Å². The van der Waals surface area contributed by atoms with Crippen LogP contribution in [0.2, 0.25) is 0 Å². The molecule has 0 bridgehead atoms. The highest BCUT2D eigenvalue weighted by molar-refractivity contribution is 5.98. The van der Waals surface area contributed by atoms with Crippen LogP contribution in [0.25, 0.3) is 0 Å². The average molecular weight is 222 g/mol. The number of aliphatic imine (C=N–C) groups is 1. The Morgan fingerprint density at radius 1 is 1.44 bits per heavy atom. The molecule has 0 aliphatic rings. The number of hydrogen-bond acceptors (Lipinski definition) is 3. The molecule has 0 radical (unpaired) electrons. The normalized spacial score (nSPS) is 13.6. The Morgan fingerprint density at radius 2 is 2.12 bits per heavy atom. The second-order valence-electron chi connectivity index (χ2n) is 3.29. The topological polar surface area (TPSA) is 62.4 Å². The first kappa shape index (κ1) is 14.3. The molecule has 0 heterocycles. The van der Waals surface area contributed by atoms with E-state index >= 15 is 0 Å². The molecule has 0 atom stereocenters. The SMILES string of the molecule is C=CN/C(C)=C(\N)C(=NC)N/C=C/CCC. The predicted octanol–water partition coefficient (Wildman–Crippen LogP) is 1.84. The Morgan fingerprint density at radius 3 is 2.62 bits per heavy atom. The number of nitrogens with zero attached hydrogens (tertiary/aromatic N) is 1. The van der Waals surface area contributed by atoms with Crippen LogP contribution in [0.1, 0.15) is 26.7 Å². The number of allylic oxidation sites excluding steroid dienone is 2. The van der Waals surface area contributed by atoms with E-state index in [1.54, 1.807) is 13.2 Å². The van der Waals surface area contributed by atoms with E-state index in [2.05, 4.69) is 35.2 Å². The van der Waals surface area contributed by atoms with E-state index in [4.69, 9.17) is 5.73 Å². The van der Waals surface area contributed by atoms with Gasteiger partial charge in [0.2, 0.25) is 0 Å². The first-order valence-corrected chi connectivity index (χ1v) is 5.39. The van der Waals surface area contributed by atoms with E-state index in [0.717, 1.165) is 18.5 Å². The van der Waals surface area contributed by atoms with Crippen molar-refractivity contribution in [2.45, 2.75) is 26.7 Å². The summed E-state index contributed by atoms with van der Waals surface area (Å²) < 4.78 is 0. The highest BCUT2D eigenvalue weighted by atomic mass is 15.0. The fraction of sp³-hybridized carbons (Fsp3) is 0.417. The van der Waals surface area contributed by atoms with Crippen LogP contribution >= 0.6 is 0 Å². The van der Waals surface area contributed by atoms with Gasteiger partial charge in [0, 0.05) is 12.7 Å². The van der Waals surface area contributed by atoms with Crippen molar-refractivity contribution in [3.63, 3.8) is 0 Å². The lowest BCUT2D eigenvalue weighted by molar-refractivity contribution is 0.950. The quantitative estimate of drug-likeness (QED) is 0.474. The maximum Gasteiger partial charge on any atom is 0.150 e. The molecule has 0 aliphatic carbocycles. The molecule has 0 aromatic heterocycles. The summed E-state index contributed by atoms with van der Waals surface area (Å²) in [5.74, 6) is 0.652. The van der Waals surface area contributed by atoms with Gasteiger partial charge in [-0.15, -0.1) is 0 Å². The maximum atomic E-state index is 5.91. The lowest BCUT2D eigenvalue weighted by Gasteiger charge is -2.09. The summed E-state index contributed by atoms with van der Waals surface area (Å²) in [4.78, 5) is 4.09. The number of nitrogens with two attached hydrogens (primary N) is 1. The van der Waals surface area contributed by atoms with Gasteiger partial charge < -0.3 is 16.4 Å². The summed E-state index contributed by atoms with van der Waals surface area (Å²) in [6.07, 6.45) is 7.66. The smallest absolute Gasteiger partial charge is 0.150 e. The molecule has 0 unspecified atom stereocenters. The maximum absolute atomic E-state index is 5.91. The van der Waals surface area contributed by atoms with Crippen LogP contribution < -0.4 is 16.4 Å². The molecule has 0 spiro atoms. The van der Waals surface area contributed by atoms with E-state index in [1.807, 2.05) is 13.1 Å². The second-order valence-corrected chi connectivity index (χ2v) is 3.29. The summed E-state index contributed by atoms with van der Waals surface area (Å²) in [7, 11) is 1.70. The third-order valence-electron chi connectivity index (χ3n) is 1.99. The van der Waals surface area contributed by atoms with Crippen molar-refractivity contribution in [1.82, 2.24) is 10.6 Å². The third kappa shape index (κ3) is 5.24. The van der Waals surface area contributed by atoms with Gasteiger partial charge in [0.1, 0.15) is 5.84 Å². The van der Waals surface area contributed by atoms with Crippen LogP contribution in [-0.2, 0) is 0 Å². The molecular formula is C12H22N4. The van der Waals surface area contributed by atoms with Crippen LogP contribution in [-0.4, -0.2) is 12.9 Å². The Balaban J connectivity index is 4.51. The third-order valence-corrected chi connectivity index (χ3v) is 1.99. The van der Waals surface area contributed by atoms with Crippen molar-refractivity contribution >= 4 is 5.84 Å². The summed E-state index contributed by atoms with van der Waals surface area (Å²) in [6, 6.07) is 0. The summed E-state index contributed by atoms with van der Waals surface area (Å²) in [5.41, 5.74) is 7.33. The monoisotopic (exact) mass is 222 g/mol. The Bertz CT molecular complexity index is 300. The number of unbranched alkanes of at least 4 members (excludes halogenated alkanes) is 1. The standard InChI is InChI=1S/C12H22N4/c1-5-7-8-9-16-12(14-4)11(13)10(3)15-6-2/h6,8-9,15H,2,5,7,13H2,1,3-4H3,(H,14,16)/b9-8+,11-10-. The first-order valence-electron chi connectivity index (χ1n) is 5.39. The second kappa shape index (κ2) is 8.59. The minimum absolute atomic E-state index is 0.587. The van der Waals surface area contributed by atoms with Gasteiger partial charge in [0.15, 0.2) is 0 Å². The zero-order chi connectivity index (χ0) is 12.4.